The third-order valence-electron chi connectivity index (χ3n) is 5.23. The largest absolute Gasteiger partial charge is 0.356 e. The van der Waals surface area contributed by atoms with Crippen molar-refractivity contribution in [3.8, 4) is 22.4 Å². The number of anilines is 1. The minimum absolute atomic E-state index is 0.141. The number of nitrogens with one attached hydrogen (secondary N) is 2. The van der Waals surface area contributed by atoms with Gasteiger partial charge in [-0.3, -0.25) is 10.2 Å². The highest BCUT2D eigenvalue weighted by Gasteiger charge is 2.34. The molecule has 4 aromatic rings. The summed E-state index contributed by atoms with van der Waals surface area (Å²) in [5, 5.41) is 15.4. The molecule has 0 radical (unpaired) electrons. The van der Waals surface area contributed by atoms with Gasteiger partial charge in [-0.2, -0.15) is 10.2 Å². The van der Waals surface area contributed by atoms with Crippen LogP contribution in [-0.4, -0.2) is 44.4 Å². The van der Waals surface area contributed by atoms with Crippen LogP contribution in [0.3, 0.4) is 0 Å². The zero-order valence-electron chi connectivity index (χ0n) is 15.0. The number of rotatable bonds is 3. The van der Waals surface area contributed by atoms with E-state index in [1.807, 2.05) is 35.4 Å². The van der Waals surface area contributed by atoms with Crippen LogP contribution in [0.2, 0.25) is 0 Å². The highest BCUT2D eigenvalue weighted by Crippen LogP contribution is 2.33. The van der Waals surface area contributed by atoms with Crippen LogP contribution in [0.4, 0.5) is 14.6 Å². The van der Waals surface area contributed by atoms with Crippen molar-refractivity contribution < 1.29 is 8.78 Å². The molecule has 0 saturated carbocycles. The van der Waals surface area contributed by atoms with Gasteiger partial charge in [-0.1, -0.05) is 6.07 Å². The maximum Gasteiger partial charge on any atom is 0.251 e. The van der Waals surface area contributed by atoms with Gasteiger partial charge in [-0.05, 0) is 29.8 Å². The molecule has 3 aromatic heterocycles. The monoisotopic (exact) mass is 380 g/mol. The molecule has 1 aromatic carbocycles. The van der Waals surface area contributed by atoms with E-state index in [2.05, 4.69) is 31.4 Å². The van der Waals surface area contributed by atoms with Crippen molar-refractivity contribution >= 4 is 16.7 Å². The fourth-order valence-electron chi connectivity index (χ4n) is 3.62. The van der Waals surface area contributed by atoms with Crippen molar-refractivity contribution in [1.82, 2.24) is 25.4 Å². The van der Waals surface area contributed by atoms with Gasteiger partial charge in [0.2, 0.25) is 0 Å². The van der Waals surface area contributed by atoms with Gasteiger partial charge >= 0.3 is 0 Å². The first-order valence-corrected chi connectivity index (χ1v) is 9.16. The van der Waals surface area contributed by atoms with E-state index in [0.717, 1.165) is 33.3 Å². The lowest BCUT2D eigenvalue weighted by atomic mass is 10.0. The lowest BCUT2D eigenvalue weighted by Crippen LogP contribution is -2.39. The fraction of sp³-hybridized carbons (Fsp3) is 0.250. The van der Waals surface area contributed by atoms with Crippen LogP contribution in [0.5, 0.6) is 0 Å². The zero-order valence-corrected chi connectivity index (χ0v) is 15.0. The molecule has 4 heterocycles. The summed E-state index contributed by atoms with van der Waals surface area (Å²) in [7, 11) is 0. The first kappa shape index (κ1) is 16.9. The van der Waals surface area contributed by atoms with Gasteiger partial charge < -0.3 is 4.90 Å². The molecule has 5 rings (SSSR count). The molecule has 1 aliphatic heterocycles. The van der Waals surface area contributed by atoms with Crippen LogP contribution in [0, 0.1) is 0 Å². The number of alkyl halides is 2. The summed E-state index contributed by atoms with van der Waals surface area (Å²) < 4.78 is 26.9. The van der Waals surface area contributed by atoms with E-state index >= 15 is 0 Å². The smallest absolute Gasteiger partial charge is 0.251 e. The van der Waals surface area contributed by atoms with Gasteiger partial charge in [0.05, 0.1) is 11.7 Å². The molecular weight excluding hydrogens is 362 g/mol. The van der Waals surface area contributed by atoms with Crippen LogP contribution >= 0.6 is 0 Å². The van der Waals surface area contributed by atoms with Gasteiger partial charge in [0.25, 0.3) is 5.92 Å². The second kappa shape index (κ2) is 6.40. The maximum atomic E-state index is 13.5. The Morgan fingerprint density at radius 2 is 1.86 bits per heavy atom. The number of aromatic amines is 2. The van der Waals surface area contributed by atoms with Crippen molar-refractivity contribution in [1.29, 1.82) is 0 Å². The number of piperidine rings is 1. The van der Waals surface area contributed by atoms with Crippen LogP contribution in [-0.2, 0) is 0 Å². The van der Waals surface area contributed by atoms with Gasteiger partial charge in [-0.25, -0.2) is 13.8 Å². The quantitative estimate of drug-likeness (QED) is 0.557. The van der Waals surface area contributed by atoms with Crippen LogP contribution in [0.25, 0.3) is 33.3 Å². The van der Waals surface area contributed by atoms with Gasteiger partial charge in [0.15, 0.2) is 0 Å². The van der Waals surface area contributed by atoms with E-state index in [-0.39, 0.29) is 12.8 Å². The number of halogens is 2. The highest BCUT2D eigenvalue weighted by molar-refractivity contribution is 5.95. The Hall–Kier alpha value is -3.29. The first-order valence-electron chi connectivity index (χ1n) is 9.16. The van der Waals surface area contributed by atoms with E-state index in [4.69, 9.17) is 0 Å². The average molecular weight is 380 g/mol. The lowest BCUT2D eigenvalue weighted by molar-refractivity contribution is -0.0221. The van der Waals surface area contributed by atoms with Crippen molar-refractivity contribution in [3.63, 3.8) is 0 Å². The number of nitrogens with zero attached hydrogens (tertiary/aromatic N) is 4. The maximum absolute atomic E-state index is 13.5. The molecule has 1 saturated heterocycles. The molecule has 0 aliphatic carbocycles. The third-order valence-corrected chi connectivity index (χ3v) is 5.23. The fourth-order valence-corrected chi connectivity index (χ4v) is 3.62. The molecule has 0 atom stereocenters. The summed E-state index contributed by atoms with van der Waals surface area (Å²) in [5.74, 6) is -1.87. The zero-order chi connectivity index (χ0) is 19.1. The molecule has 6 nitrogen and oxygen atoms in total. The summed E-state index contributed by atoms with van der Waals surface area (Å²) in [6.45, 7) is 0.602. The molecule has 1 fully saturated rings. The second-order valence-electron chi connectivity index (χ2n) is 7.07. The van der Waals surface area contributed by atoms with Crippen molar-refractivity contribution in [2.45, 2.75) is 18.8 Å². The normalized spacial score (nSPS) is 16.6. The van der Waals surface area contributed by atoms with Crippen molar-refractivity contribution in [3.05, 3.63) is 48.9 Å². The van der Waals surface area contributed by atoms with Gasteiger partial charge in [0.1, 0.15) is 11.5 Å². The molecule has 142 valence electrons. The molecule has 8 heteroatoms. The number of pyridine rings is 1. The van der Waals surface area contributed by atoms with Gasteiger partial charge in [0, 0.05) is 54.8 Å². The Bertz CT molecular complexity index is 1110. The summed E-state index contributed by atoms with van der Waals surface area (Å²) in [6, 6.07) is 9.89. The van der Waals surface area contributed by atoms with E-state index < -0.39 is 5.92 Å². The molecule has 0 amide bonds. The molecule has 28 heavy (non-hydrogen) atoms. The molecule has 0 unspecified atom stereocenters. The number of H-pyrrole nitrogens is 2. The highest BCUT2D eigenvalue weighted by atomic mass is 19.3. The van der Waals surface area contributed by atoms with Crippen molar-refractivity contribution in [2.75, 3.05) is 18.0 Å². The van der Waals surface area contributed by atoms with E-state index in [9.17, 15) is 8.78 Å². The number of fused-ring (bicyclic) bond motifs is 1. The number of aromatic nitrogens is 5. The predicted molar refractivity (Wildman–Crippen MR) is 103 cm³/mol. The molecule has 0 spiro atoms. The van der Waals surface area contributed by atoms with Crippen LogP contribution in [0.1, 0.15) is 12.8 Å². The summed E-state index contributed by atoms with van der Waals surface area (Å²) in [5.41, 5.74) is 4.68. The Morgan fingerprint density at radius 3 is 2.64 bits per heavy atom. The van der Waals surface area contributed by atoms with Gasteiger partial charge in [-0.15, -0.1) is 0 Å². The topological polar surface area (TPSA) is 73.5 Å². The standard InChI is InChI=1S/C20H18F2N6/c21-20(22)4-7-28(8-5-20)18-10-14(3-6-23-18)19-16-9-13(15-11-24-25-12-15)1-2-17(16)26-27-19/h1-3,6,9-12H,4-5,7-8H2,(H,24,25)(H,26,27). The Morgan fingerprint density at radius 1 is 1.00 bits per heavy atom. The SMILES string of the molecule is FC1(F)CCN(c2cc(-c3n[nH]c4ccc(-c5cn[nH]c5)cc34)ccn2)CC1. The predicted octanol–water partition coefficient (Wildman–Crippen LogP) is 4.25. The Kier molecular flexibility index (Phi) is 3.85. The number of hydrogen-bond acceptors (Lipinski definition) is 4. The third kappa shape index (κ3) is 3.00. The first-order chi connectivity index (χ1) is 13.6. The minimum atomic E-state index is -2.57. The Labute approximate surface area is 159 Å². The lowest BCUT2D eigenvalue weighted by Gasteiger charge is -2.32. The summed E-state index contributed by atoms with van der Waals surface area (Å²) in [6.07, 6.45) is 5.05. The molecule has 0 bridgehead atoms. The number of benzene rings is 1. The minimum Gasteiger partial charge on any atom is -0.356 e. The summed E-state index contributed by atoms with van der Waals surface area (Å²) in [4.78, 5) is 6.30. The van der Waals surface area contributed by atoms with E-state index in [1.54, 1.807) is 12.4 Å². The second-order valence-corrected chi connectivity index (χ2v) is 7.07. The summed E-state index contributed by atoms with van der Waals surface area (Å²) >= 11 is 0. The molecule has 1 aliphatic rings. The van der Waals surface area contributed by atoms with Crippen LogP contribution in [0.15, 0.2) is 48.9 Å². The van der Waals surface area contributed by atoms with E-state index in [0.29, 0.717) is 18.9 Å². The van der Waals surface area contributed by atoms with Crippen molar-refractivity contribution in [2.24, 2.45) is 0 Å². The molecule has 2 N–H and O–H groups in total. The van der Waals surface area contributed by atoms with Crippen LogP contribution < -0.4 is 4.90 Å². The number of hydrogen-bond donors (Lipinski definition) is 2. The molecular formula is C20H18F2N6. The Balaban J connectivity index is 1.51. The average Bonchev–Trinajstić information content (AvgIpc) is 3.37. The van der Waals surface area contributed by atoms with E-state index in [1.165, 1.54) is 0 Å².